The highest BCUT2D eigenvalue weighted by atomic mass is 31.2. The zero-order valence-electron chi connectivity index (χ0n) is 10.9. The molecule has 0 radical (unpaired) electrons. The summed E-state index contributed by atoms with van der Waals surface area (Å²) in [5.41, 5.74) is 2.16. The lowest BCUT2D eigenvalue weighted by Gasteiger charge is -2.32. The van der Waals surface area contributed by atoms with Gasteiger partial charge in [0, 0.05) is 0 Å². The van der Waals surface area contributed by atoms with Gasteiger partial charge in [-0.1, -0.05) is 54.6 Å². The monoisotopic (exact) mass is 276 g/mol. The minimum Gasteiger partial charge on any atom is -0.324 e. The van der Waals surface area contributed by atoms with Crippen LogP contribution in [0.3, 0.4) is 0 Å². The lowest BCUT2D eigenvalue weighted by molar-refractivity contribution is 0.344. The van der Waals surface area contributed by atoms with Gasteiger partial charge in [0.05, 0.1) is 0 Å². The van der Waals surface area contributed by atoms with E-state index in [-0.39, 0.29) is 0 Å². The van der Waals surface area contributed by atoms with E-state index in [1.165, 1.54) is 0 Å². The zero-order valence-corrected chi connectivity index (χ0v) is 11.8. The molecule has 0 fully saturated rings. The zero-order chi connectivity index (χ0) is 14.1. The van der Waals surface area contributed by atoms with Crippen molar-refractivity contribution < 1.29 is 14.4 Å². The van der Waals surface area contributed by atoms with E-state index < -0.39 is 12.8 Å². The highest BCUT2D eigenvalue weighted by Gasteiger charge is 2.46. The predicted molar refractivity (Wildman–Crippen MR) is 76.1 cm³/mol. The van der Waals surface area contributed by atoms with Gasteiger partial charge in [-0.15, -0.1) is 0 Å². The Morgan fingerprint density at radius 2 is 1.47 bits per heavy atom. The molecule has 0 aliphatic rings. The maximum absolute atomic E-state index is 12.1. The van der Waals surface area contributed by atoms with E-state index in [0.29, 0.717) is 11.1 Å². The first-order valence-electron chi connectivity index (χ1n) is 6.04. The summed E-state index contributed by atoms with van der Waals surface area (Å²) in [5.74, 6) is 0. The molecule has 4 heteroatoms. The molecule has 2 aromatic rings. The highest BCUT2D eigenvalue weighted by molar-refractivity contribution is 7.53. The third-order valence-electron chi connectivity index (χ3n) is 3.59. The van der Waals surface area contributed by atoms with Crippen molar-refractivity contribution in [2.24, 2.45) is 0 Å². The average molecular weight is 276 g/mol. The molecule has 3 nitrogen and oxygen atoms in total. The summed E-state index contributed by atoms with van der Waals surface area (Å²) in [5, 5.41) is -1.32. The Morgan fingerprint density at radius 3 is 2.00 bits per heavy atom. The fraction of sp³-hybridized carbons (Fsp3) is 0.200. The van der Waals surface area contributed by atoms with Crippen LogP contribution in [0.5, 0.6) is 0 Å². The van der Waals surface area contributed by atoms with Crippen LogP contribution in [0.2, 0.25) is 0 Å². The van der Waals surface area contributed by atoms with Crippen molar-refractivity contribution in [3.8, 4) is 0 Å². The molecule has 0 bridgehead atoms. The van der Waals surface area contributed by atoms with Gasteiger partial charge in [-0.3, -0.25) is 4.57 Å². The van der Waals surface area contributed by atoms with Gasteiger partial charge in [0.15, 0.2) is 0 Å². The van der Waals surface area contributed by atoms with E-state index in [4.69, 9.17) is 0 Å². The lowest BCUT2D eigenvalue weighted by Crippen LogP contribution is -2.24. The standard InChI is InChI=1S/C15H17O3P/c1-12-8-6-7-11-14(12)15(2,19(16,17)18)13-9-4-3-5-10-13/h3-11H,1-2H3,(H2,16,17,18). The topological polar surface area (TPSA) is 57.5 Å². The van der Waals surface area contributed by atoms with Crippen LogP contribution in [0.4, 0.5) is 0 Å². The Kier molecular flexibility index (Phi) is 3.64. The first-order valence-corrected chi connectivity index (χ1v) is 7.66. The second-order valence-electron chi connectivity index (χ2n) is 4.80. The van der Waals surface area contributed by atoms with Crippen LogP contribution in [0, 0.1) is 6.92 Å². The third kappa shape index (κ3) is 2.37. The van der Waals surface area contributed by atoms with Crippen LogP contribution in [-0.2, 0) is 9.72 Å². The fourth-order valence-electron chi connectivity index (χ4n) is 2.36. The molecule has 0 spiro atoms. The van der Waals surface area contributed by atoms with Crippen molar-refractivity contribution in [3.05, 3.63) is 71.3 Å². The van der Waals surface area contributed by atoms with Crippen LogP contribution >= 0.6 is 7.60 Å². The number of hydrogen-bond acceptors (Lipinski definition) is 1. The molecule has 2 rings (SSSR count). The van der Waals surface area contributed by atoms with Crippen molar-refractivity contribution in [2.45, 2.75) is 19.0 Å². The first-order chi connectivity index (χ1) is 8.87. The molecule has 2 aromatic carbocycles. The highest BCUT2D eigenvalue weighted by Crippen LogP contribution is 2.60. The Hall–Kier alpha value is -1.41. The fourth-order valence-corrected chi connectivity index (χ4v) is 3.41. The van der Waals surface area contributed by atoms with Gasteiger partial charge in [0.1, 0.15) is 5.16 Å². The molecule has 19 heavy (non-hydrogen) atoms. The van der Waals surface area contributed by atoms with Crippen molar-refractivity contribution >= 4 is 7.60 Å². The first kappa shape index (κ1) is 14.0. The minimum atomic E-state index is -4.36. The average Bonchev–Trinajstić information content (AvgIpc) is 2.38. The summed E-state index contributed by atoms with van der Waals surface area (Å²) < 4.78 is 12.1. The molecule has 0 saturated carbocycles. The van der Waals surface area contributed by atoms with Crippen LogP contribution in [0.1, 0.15) is 23.6 Å². The summed E-state index contributed by atoms with van der Waals surface area (Å²) in [6, 6.07) is 16.2. The van der Waals surface area contributed by atoms with Crippen LogP contribution in [0.15, 0.2) is 54.6 Å². The summed E-state index contributed by atoms with van der Waals surface area (Å²) in [6.45, 7) is 3.47. The quantitative estimate of drug-likeness (QED) is 0.844. The predicted octanol–water partition coefficient (Wildman–Crippen LogP) is 3.44. The van der Waals surface area contributed by atoms with Gasteiger partial charge in [-0.2, -0.15) is 0 Å². The maximum Gasteiger partial charge on any atom is 0.340 e. The molecular formula is C15H17O3P. The second kappa shape index (κ2) is 4.93. The Morgan fingerprint density at radius 1 is 0.947 bits per heavy atom. The van der Waals surface area contributed by atoms with Gasteiger partial charge in [0.25, 0.3) is 0 Å². The second-order valence-corrected chi connectivity index (χ2v) is 6.78. The van der Waals surface area contributed by atoms with Gasteiger partial charge in [0.2, 0.25) is 0 Å². The molecular weight excluding hydrogens is 259 g/mol. The number of aryl methyl sites for hydroxylation is 1. The van der Waals surface area contributed by atoms with Gasteiger partial charge < -0.3 is 9.79 Å². The van der Waals surface area contributed by atoms with Crippen LogP contribution in [-0.4, -0.2) is 9.79 Å². The largest absolute Gasteiger partial charge is 0.340 e. The normalized spacial score (nSPS) is 14.9. The summed E-state index contributed by atoms with van der Waals surface area (Å²) in [4.78, 5) is 19.8. The van der Waals surface area contributed by atoms with E-state index in [2.05, 4.69) is 0 Å². The molecule has 0 amide bonds. The Labute approximate surface area is 113 Å². The van der Waals surface area contributed by atoms with Crippen molar-refractivity contribution in [3.63, 3.8) is 0 Å². The minimum absolute atomic E-state index is 0.623. The SMILES string of the molecule is Cc1ccccc1C(C)(c1ccccc1)P(=O)(O)O. The smallest absolute Gasteiger partial charge is 0.324 e. The van der Waals surface area contributed by atoms with Gasteiger partial charge >= 0.3 is 7.60 Å². The molecule has 0 aliphatic carbocycles. The summed E-state index contributed by atoms with van der Waals surface area (Å²) >= 11 is 0. The van der Waals surface area contributed by atoms with E-state index in [0.717, 1.165) is 5.56 Å². The molecule has 2 N–H and O–H groups in total. The van der Waals surface area contributed by atoms with Crippen molar-refractivity contribution in [1.82, 2.24) is 0 Å². The van der Waals surface area contributed by atoms with E-state index in [9.17, 15) is 14.4 Å². The van der Waals surface area contributed by atoms with Gasteiger partial charge in [-0.05, 0) is 30.5 Å². The number of rotatable bonds is 3. The summed E-state index contributed by atoms with van der Waals surface area (Å²) in [7, 11) is -4.36. The Bertz CT molecular complexity index is 618. The third-order valence-corrected chi connectivity index (χ3v) is 5.25. The van der Waals surface area contributed by atoms with Crippen molar-refractivity contribution in [2.75, 3.05) is 0 Å². The summed E-state index contributed by atoms with van der Waals surface area (Å²) in [6.07, 6.45) is 0. The molecule has 0 saturated heterocycles. The van der Waals surface area contributed by atoms with E-state index in [1.54, 1.807) is 43.3 Å². The van der Waals surface area contributed by atoms with Crippen LogP contribution < -0.4 is 0 Å². The maximum atomic E-state index is 12.1. The molecule has 1 unspecified atom stereocenters. The van der Waals surface area contributed by atoms with Crippen molar-refractivity contribution in [1.29, 1.82) is 0 Å². The molecule has 1 atom stereocenters. The number of hydrogen-bond donors (Lipinski definition) is 2. The Balaban J connectivity index is 2.75. The van der Waals surface area contributed by atoms with E-state index >= 15 is 0 Å². The van der Waals surface area contributed by atoms with Gasteiger partial charge in [-0.25, -0.2) is 0 Å². The molecule has 0 aromatic heterocycles. The molecule has 100 valence electrons. The van der Waals surface area contributed by atoms with E-state index in [1.807, 2.05) is 25.1 Å². The molecule has 0 aliphatic heterocycles. The number of benzene rings is 2. The van der Waals surface area contributed by atoms with Crippen LogP contribution in [0.25, 0.3) is 0 Å². The lowest BCUT2D eigenvalue weighted by atomic mass is 9.89. The molecule has 0 heterocycles.